The summed E-state index contributed by atoms with van der Waals surface area (Å²) in [5.74, 6) is 0.301. The number of furan rings is 1. The summed E-state index contributed by atoms with van der Waals surface area (Å²) in [6, 6.07) is 9.06. The van der Waals surface area contributed by atoms with Gasteiger partial charge in [-0.25, -0.2) is 13.1 Å². The fraction of sp³-hybridized carbons (Fsp3) is 0.353. The van der Waals surface area contributed by atoms with Gasteiger partial charge in [0.2, 0.25) is 10.0 Å². The maximum absolute atomic E-state index is 12.3. The van der Waals surface area contributed by atoms with Crippen LogP contribution in [-0.4, -0.2) is 32.5 Å². The summed E-state index contributed by atoms with van der Waals surface area (Å²) in [5.41, 5.74) is 0.209. The van der Waals surface area contributed by atoms with Gasteiger partial charge in [-0.3, -0.25) is 4.79 Å². The first kappa shape index (κ1) is 17.7. The van der Waals surface area contributed by atoms with Gasteiger partial charge in [-0.1, -0.05) is 6.07 Å². The van der Waals surface area contributed by atoms with Gasteiger partial charge < -0.3 is 14.8 Å². The minimum Gasteiger partial charge on any atom is -0.467 e. The van der Waals surface area contributed by atoms with Crippen molar-refractivity contribution in [2.75, 3.05) is 13.1 Å². The lowest BCUT2D eigenvalue weighted by Gasteiger charge is -2.11. The molecule has 7 nitrogen and oxygen atoms in total. The number of hydrogen-bond acceptors (Lipinski definition) is 5. The Morgan fingerprint density at radius 3 is 2.76 bits per heavy atom. The van der Waals surface area contributed by atoms with E-state index >= 15 is 0 Å². The summed E-state index contributed by atoms with van der Waals surface area (Å²) < 4.78 is 32.2. The van der Waals surface area contributed by atoms with Gasteiger partial charge in [0.25, 0.3) is 5.91 Å². The van der Waals surface area contributed by atoms with Crippen LogP contribution in [0.3, 0.4) is 0 Å². The van der Waals surface area contributed by atoms with Crippen LogP contribution in [0.1, 0.15) is 35.1 Å². The maximum Gasteiger partial charge on any atom is 0.251 e. The minimum atomic E-state index is -3.63. The molecule has 1 fully saturated rings. The van der Waals surface area contributed by atoms with Gasteiger partial charge in [0.05, 0.1) is 17.7 Å². The number of amides is 1. The highest BCUT2D eigenvalue weighted by Crippen LogP contribution is 2.28. The Hall–Kier alpha value is -2.16. The van der Waals surface area contributed by atoms with Gasteiger partial charge in [0.15, 0.2) is 0 Å². The van der Waals surface area contributed by atoms with Crippen LogP contribution in [0.15, 0.2) is 52.0 Å². The number of hydrogen-bond donors (Lipinski definition) is 3. The van der Waals surface area contributed by atoms with Gasteiger partial charge in [-0.2, -0.15) is 0 Å². The second-order valence-corrected chi connectivity index (χ2v) is 7.83. The van der Waals surface area contributed by atoms with E-state index < -0.39 is 22.0 Å². The zero-order valence-corrected chi connectivity index (χ0v) is 14.3. The lowest BCUT2D eigenvalue weighted by molar-refractivity contribution is 0.0901. The van der Waals surface area contributed by atoms with E-state index in [4.69, 9.17) is 4.42 Å². The molecular weight excluding hydrogens is 344 g/mol. The molecule has 1 aromatic heterocycles. The monoisotopic (exact) mass is 364 g/mol. The molecule has 134 valence electrons. The van der Waals surface area contributed by atoms with Crippen molar-refractivity contribution >= 4 is 15.9 Å². The predicted molar refractivity (Wildman–Crippen MR) is 90.4 cm³/mol. The molecule has 1 unspecified atom stereocenters. The number of carbonyl (C=O) groups is 1. The molecule has 3 rings (SSSR count). The minimum absolute atomic E-state index is 0.0384. The van der Waals surface area contributed by atoms with Crippen molar-refractivity contribution in [1.82, 2.24) is 10.0 Å². The quantitative estimate of drug-likeness (QED) is 0.657. The SMILES string of the molecule is O=C(NCC(O)c1ccco1)c1cccc(S(=O)(=O)NCC2CC2)c1. The van der Waals surface area contributed by atoms with Gasteiger partial charge in [0, 0.05) is 12.1 Å². The second-order valence-electron chi connectivity index (χ2n) is 6.06. The van der Waals surface area contributed by atoms with Crippen LogP contribution in [0.5, 0.6) is 0 Å². The van der Waals surface area contributed by atoms with Crippen LogP contribution in [0.4, 0.5) is 0 Å². The zero-order chi connectivity index (χ0) is 17.9. The Kier molecular flexibility index (Phi) is 5.22. The van der Waals surface area contributed by atoms with Crippen molar-refractivity contribution in [2.45, 2.75) is 23.8 Å². The summed E-state index contributed by atoms with van der Waals surface area (Å²) in [6.07, 6.45) is 2.56. The van der Waals surface area contributed by atoms with Crippen molar-refractivity contribution in [2.24, 2.45) is 5.92 Å². The van der Waals surface area contributed by atoms with Crippen LogP contribution in [0.25, 0.3) is 0 Å². The highest BCUT2D eigenvalue weighted by Gasteiger charge is 2.24. The highest BCUT2D eigenvalue weighted by atomic mass is 32.2. The number of carbonyl (C=O) groups excluding carboxylic acids is 1. The Bertz CT molecular complexity index is 828. The number of benzene rings is 1. The smallest absolute Gasteiger partial charge is 0.251 e. The third kappa shape index (κ3) is 4.68. The molecule has 1 aromatic carbocycles. The van der Waals surface area contributed by atoms with Gasteiger partial charge in [-0.15, -0.1) is 0 Å². The van der Waals surface area contributed by atoms with Crippen molar-refractivity contribution in [3.8, 4) is 0 Å². The molecule has 0 saturated heterocycles. The largest absolute Gasteiger partial charge is 0.467 e. The molecule has 2 aromatic rings. The van der Waals surface area contributed by atoms with E-state index in [9.17, 15) is 18.3 Å². The molecular formula is C17H20N2O5S. The fourth-order valence-electron chi connectivity index (χ4n) is 2.31. The normalized spacial score (nSPS) is 15.7. The molecule has 1 amide bonds. The standard InChI is InChI=1S/C17H20N2O5S/c20-15(16-5-2-8-24-16)11-18-17(21)13-3-1-4-14(9-13)25(22,23)19-10-12-6-7-12/h1-5,8-9,12,15,19-20H,6-7,10-11H2,(H,18,21). The number of aliphatic hydroxyl groups excluding tert-OH is 1. The number of nitrogens with one attached hydrogen (secondary N) is 2. The Morgan fingerprint density at radius 1 is 1.28 bits per heavy atom. The summed E-state index contributed by atoms with van der Waals surface area (Å²) in [7, 11) is -3.63. The third-order valence-electron chi connectivity index (χ3n) is 3.99. The summed E-state index contributed by atoms with van der Waals surface area (Å²) >= 11 is 0. The van der Waals surface area contributed by atoms with E-state index in [-0.39, 0.29) is 17.0 Å². The van der Waals surface area contributed by atoms with Crippen molar-refractivity contribution in [1.29, 1.82) is 0 Å². The first-order valence-electron chi connectivity index (χ1n) is 8.05. The zero-order valence-electron chi connectivity index (χ0n) is 13.5. The number of aliphatic hydroxyl groups is 1. The van der Waals surface area contributed by atoms with E-state index in [0.29, 0.717) is 18.2 Å². The third-order valence-corrected chi connectivity index (χ3v) is 5.41. The van der Waals surface area contributed by atoms with Crippen molar-refractivity contribution in [3.05, 3.63) is 54.0 Å². The lowest BCUT2D eigenvalue weighted by atomic mass is 10.2. The summed E-state index contributed by atoms with van der Waals surface area (Å²) in [4.78, 5) is 12.3. The van der Waals surface area contributed by atoms with Crippen LogP contribution in [-0.2, 0) is 10.0 Å². The molecule has 0 spiro atoms. The van der Waals surface area contributed by atoms with Gasteiger partial charge in [0.1, 0.15) is 11.9 Å². The molecule has 0 aliphatic heterocycles. The van der Waals surface area contributed by atoms with Gasteiger partial charge >= 0.3 is 0 Å². The van der Waals surface area contributed by atoms with Crippen molar-refractivity contribution in [3.63, 3.8) is 0 Å². The van der Waals surface area contributed by atoms with E-state index in [1.54, 1.807) is 12.1 Å². The average molecular weight is 364 g/mol. The average Bonchev–Trinajstić information content (AvgIpc) is 3.29. The summed E-state index contributed by atoms with van der Waals surface area (Å²) in [5, 5.41) is 12.5. The fourth-order valence-corrected chi connectivity index (χ4v) is 3.47. The molecule has 25 heavy (non-hydrogen) atoms. The van der Waals surface area contributed by atoms with E-state index in [2.05, 4.69) is 10.0 Å². The second kappa shape index (κ2) is 7.38. The first-order valence-corrected chi connectivity index (χ1v) is 9.53. The molecule has 0 radical (unpaired) electrons. The topological polar surface area (TPSA) is 109 Å². The maximum atomic E-state index is 12.3. The van der Waals surface area contributed by atoms with E-state index in [0.717, 1.165) is 12.8 Å². The molecule has 1 aliphatic carbocycles. The first-order chi connectivity index (χ1) is 12.0. The van der Waals surface area contributed by atoms with Crippen LogP contribution in [0.2, 0.25) is 0 Å². The molecule has 3 N–H and O–H groups in total. The summed E-state index contributed by atoms with van der Waals surface area (Å²) in [6.45, 7) is 0.386. The molecule has 0 bridgehead atoms. The molecule has 8 heteroatoms. The highest BCUT2D eigenvalue weighted by molar-refractivity contribution is 7.89. The number of rotatable bonds is 8. The molecule has 1 saturated carbocycles. The Balaban J connectivity index is 1.62. The predicted octanol–water partition coefficient (Wildman–Crippen LogP) is 1.43. The van der Waals surface area contributed by atoms with Crippen LogP contribution < -0.4 is 10.0 Å². The van der Waals surface area contributed by atoms with Crippen LogP contribution in [0, 0.1) is 5.92 Å². The molecule has 1 aliphatic rings. The van der Waals surface area contributed by atoms with Gasteiger partial charge in [-0.05, 0) is 49.1 Å². The van der Waals surface area contributed by atoms with Crippen molar-refractivity contribution < 1.29 is 22.7 Å². The molecule has 1 heterocycles. The number of sulfonamides is 1. The molecule has 1 atom stereocenters. The Labute approximate surface area is 146 Å². The van der Waals surface area contributed by atoms with Crippen LogP contribution >= 0.6 is 0 Å². The Morgan fingerprint density at radius 2 is 2.08 bits per heavy atom. The van der Waals surface area contributed by atoms with E-state index in [1.165, 1.54) is 30.5 Å². The lowest BCUT2D eigenvalue weighted by Crippen LogP contribution is -2.29. The van der Waals surface area contributed by atoms with E-state index in [1.807, 2.05) is 0 Å².